The Labute approximate surface area is 66.4 Å². The molecule has 1 fully saturated rings. The average molecular weight is 159 g/mol. The van der Waals surface area contributed by atoms with Crippen LogP contribution in [0.1, 0.15) is 20.3 Å². The Morgan fingerprint density at radius 1 is 1.60 bits per heavy atom. The summed E-state index contributed by atoms with van der Waals surface area (Å²) in [5.41, 5.74) is 0. The molecule has 0 radical (unpaired) electrons. The van der Waals surface area contributed by atoms with Crippen molar-refractivity contribution in [3.05, 3.63) is 0 Å². The van der Waals surface area contributed by atoms with Crippen LogP contribution in [0.5, 0.6) is 0 Å². The highest BCUT2D eigenvalue weighted by molar-refractivity contribution is 7.16. The van der Waals surface area contributed by atoms with Gasteiger partial charge in [-0.1, -0.05) is 0 Å². The number of hydrogen-bond donors (Lipinski definition) is 0. The Morgan fingerprint density at radius 2 is 2.30 bits per heavy atom. The molecule has 1 aliphatic heterocycles. The molecule has 0 amide bonds. The third-order valence-electron chi connectivity index (χ3n) is 2.38. The lowest BCUT2D eigenvalue weighted by molar-refractivity contribution is 0.268. The molecule has 0 aromatic carbocycles. The summed E-state index contributed by atoms with van der Waals surface area (Å²) in [6.45, 7) is 7.20. The van der Waals surface area contributed by atoms with Crippen LogP contribution in [0.15, 0.2) is 0 Å². The standard InChI is InChI=1S/C8H18NP/c1-7(2)9-4-3-8(5-9)6-10/h7-8H,3-6,10H2,1-2H3. The smallest absolute Gasteiger partial charge is 0.00387 e. The molecule has 1 heterocycles. The van der Waals surface area contributed by atoms with Gasteiger partial charge >= 0.3 is 0 Å². The molecule has 2 unspecified atom stereocenters. The molecule has 0 aromatic rings. The zero-order valence-corrected chi connectivity index (χ0v) is 8.16. The van der Waals surface area contributed by atoms with E-state index in [-0.39, 0.29) is 0 Å². The predicted molar refractivity (Wildman–Crippen MR) is 49.4 cm³/mol. The second-order valence-electron chi connectivity index (χ2n) is 3.48. The lowest BCUT2D eigenvalue weighted by Gasteiger charge is -2.19. The van der Waals surface area contributed by atoms with Crippen molar-refractivity contribution in [2.75, 3.05) is 19.3 Å². The number of hydrogen-bond acceptors (Lipinski definition) is 1. The minimum Gasteiger partial charge on any atom is -0.301 e. The maximum Gasteiger partial charge on any atom is 0.00387 e. The molecule has 2 heteroatoms. The zero-order valence-electron chi connectivity index (χ0n) is 7.01. The third kappa shape index (κ3) is 1.93. The molecule has 2 atom stereocenters. The Morgan fingerprint density at radius 3 is 2.60 bits per heavy atom. The van der Waals surface area contributed by atoms with Crippen molar-refractivity contribution >= 4 is 9.24 Å². The van der Waals surface area contributed by atoms with Crippen molar-refractivity contribution in [1.82, 2.24) is 4.90 Å². The molecule has 1 nitrogen and oxygen atoms in total. The quantitative estimate of drug-likeness (QED) is 0.553. The maximum atomic E-state index is 2.84. The lowest BCUT2D eigenvalue weighted by Crippen LogP contribution is -2.28. The van der Waals surface area contributed by atoms with Crippen molar-refractivity contribution in [3.8, 4) is 0 Å². The van der Waals surface area contributed by atoms with Crippen molar-refractivity contribution in [1.29, 1.82) is 0 Å². The Bertz CT molecular complexity index is 103. The van der Waals surface area contributed by atoms with Gasteiger partial charge in [0.2, 0.25) is 0 Å². The van der Waals surface area contributed by atoms with Gasteiger partial charge in [-0.3, -0.25) is 0 Å². The van der Waals surface area contributed by atoms with E-state index in [1.165, 1.54) is 25.7 Å². The third-order valence-corrected chi connectivity index (χ3v) is 3.05. The van der Waals surface area contributed by atoms with E-state index in [0.29, 0.717) is 0 Å². The lowest BCUT2D eigenvalue weighted by atomic mass is 10.2. The largest absolute Gasteiger partial charge is 0.301 e. The molecule has 0 aromatic heterocycles. The summed E-state index contributed by atoms with van der Waals surface area (Å²) >= 11 is 0. The summed E-state index contributed by atoms with van der Waals surface area (Å²) < 4.78 is 0. The number of rotatable bonds is 2. The van der Waals surface area contributed by atoms with Crippen LogP contribution in [0.25, 0.3) is 0 Å². The minimum atomic E-state index is 0.751. The van der Waals surface area contributed by atoms with Crippen LogP contribution in [0.2, 0.25) is 0 Å². The fourth-order valence-electron chi connectivity index (χ4n) is 1.52. The SMILES string of the molecule is CC(C)N1CCC(CP)C1. The van der Waals surface area contributed by atoms with Gasteiger partial charge in [0.1, 0.15) is 0 Å². The van der Waals surface area contributed by atoms with Crippen LogP contribution in [0, 0.1) is 5.92 Å². The van der Waals surface area contributed by atoms with Crippen LogP contribution < -0.4 is 0 Å². The Balaban J connectivity index is 2.28. The van der Waals surface area contributed by atoms with Gasteiger partial charge in [-0.2, -0.15) is 0 Å². The molecular formula is C8H18NP. The fourth-order valence-corrected chi connectivity index (χ4v) is 1.91. The summed E-state index contributed by atoms with van der Waals surface area (Å²) in [7, 11) is 2.84. The van der Waals surface area contributed by atoms with Crippen LogP contribution in [0.4, 0.5) is 0 Å². The summed E-state index contributed by atoms with van der Waals surface area (Å²) in [5.74, 6) is 0.951. The van der Waals surface area contributed by atoms with Crippen molar-refractivity contribution in [3.63, 3.8) is 0 Å². The van der Waals surface area contributed by atoms with Crippen molar-refractivity contribution in [2.24, 2.45) is 5.92 Å². The molecule has 0 N–H and O–H groups in total. The van der Waals surface area contributed by atoms with E-state index < -0.39 is 0 Å². The summed E-state index contributed by atoms with van der Waals surface area (Å²) in [6, 6.07) is 0.751. The highest BCUT2D eigenvalue weighted by atomic mass is 31.0. The van der Waals surface area contributed by atoms with Gasteiger partial charge in [0.05, 0.1) is 0 Å². The minimum absolute atomic E-state index is 0.751. The first-order valence-corrected chi connectivity index (χ1v) is 4.99. The van der Waals surface area contributed by atoms with E-state index in [0.717, 1.165) is 12.0 Å². The van der Waals surface area contributed by atoms with E-state index in [1.807, 2.05) is 0 Å². The van der Waals surface area contributed by atoms with Gasteiger partial charge in [-0.05, 0) is 38.9 Å². The van der Waals surface area contributed by atoms with Gasteiger partial charge in [-0.15, -0.1) is 9.24 Å². The second kappa shape index (κ2) is 3.69. The first-order valence-electron chi connectivity index (χ1n) is 4.18. The van der Waals surface area contributed by atoms with Gasteiger partial charge in [0, 0.05) is 12.6 Å². The van der Waals surface area contributed by atoms with Crippen LogP contribution in [-0.2, 0) is 0 Å². The van der Waals surface area contributed by atoms with Crippen molar-refractivity contribution in [2.45, 2.75) is 26.3 Å². The molecular weight excluding hydrogens is 141 g/mol. The highest BCUT2D eigenvalue weighted by Crippen LogP contribution is 2.19. The molecule has 0 saturated carbocycles. The topological polar surface area (TPSA) is 3.24 Å². The molecule has 0 bridgehead atoms. The normalized spacial score (nSPS) is 28.2. The first kappa shape index (κ1) is 8.49. The monoisotopic (exact) mass is 159 g/mol. The maximum absolute atomic E-state index is 2.84. The van der Waals surface area contributed by atoms with E-state index in [9.17, 15) is 0 Å². The van der Waals surface area contributed by atoms with Crippen molar-refractivity contribution < 1.29 is 0 Å². The van der Waals surface area contributed by atoms with E-state index >= 15 is 0 Å². The molecule has 60 valence electrons. The molecule has 10 heavy (non-hydrogen) atoms. The molecule has 0 spiro atoms. The van der Waals surface area contributed by atoms with E-state index in [4.69, 9.17) is 0 Å². The van der Waals surface area contributed by atoms with Crippen LogP contribution in [0.3, 0.4) is 0 Å². The Hall–Kier alpha value is 0.390. The van der Waals surface area contributed by atoms with E-state index in [1.54, 1.807) is 0 Å². The predicted octanol–water partition coefficient (Wildman–Crippen LogP) is 1.59. The zero-order chi connectivity index (χ0) is 7.56. The first-order chi connectivity index (χ1) is 4.74. The van der Waals surface area contributed by atoms with E-state index in [2.05, 4.69) is 28.0 Å². The number of nitrogens with zero attached hydrogens (tertiary/aromatic N) is 1. The second-order valence-corrected chi connectivity index (χ2v) is 3.95. The van der Waals surface area contributed by atoms with Gasteiger partial charge < -0.3 is 4.90 Å². The summed E-state index contributed by atoms with van der Waals surface area (Å²) in [5, 5.41) is 0. The molecule has 1 aliphatic rings. The summed E-state index contributed by atoms with van der Waals surface area (Å²) in [6.07, 6.45) is 2.69. The van der Waals surface area contributed by atoms with Gasteiger partial charge in [-0.25, -0.2) is 0 Å². The molecule has 1 saturated heterocycles. The van der Waals surface area contributed by atoms with Crippen LogP contribution >= 0.6 is 9.24 Å². The number of likely N-dealkylation sites (tertiary alicyclic amines) is 1. The Kier molecular flexibility index (Phi) is 3.13. The highest BCUT2D eigenvalue weighted by Gasteiger charge is 2.22. The van der Waals surface area contributed by atoms with Gasteiger partial charge in [0.15, 0.2) is 0 Å². The molecule has 1 rings (SSSR count). The summed E-state index contributed by atoms with van der Waals surface area (Å²) in [4.78, 5) is 2.56. The fraction of sp³-hybridized carbons (Fsp3) is 1.00. The van der Waals surface area contributed by atoms with Gasteiger partial charge in [0.25, 0.3) is 0 Å². The van der Waals surface area contributed by atoms with Crippen LogP contribution in [-0.4, -0.2) is 30.2 Å². The molecule has 0 aliphatic carbocycles. The average Bonchev–Trinajstić information content (AvgIpc) is 2.34.